The molecule has 0 spiro atoms. The van der Waals surface area contributed by atoms with Crippen molar-refractivity contribution in [1.82, 2.24) is 0 Å². The molecule has 1 heterocycles. The van der Waals surface area contributed by atoms with Crippen molar-refractivity contribution in [3.05, 3.63) is 35.1 Å². The molecule has 0 unspecified atom stereocenters. The van der Waals surface area contributed by atoms with Gasteiger partial charge in [-0.05, 0) is 30.5 Å². The van der Waals surface area contributed by atoms with E-state index < -0.39 is 0 Å². The second-order valence-electron chi connectivity index (χ2n) is 4.43. The fourth-order valence-electron chi connectivity index (χ4n) is 1.99. The predicted molar refractivity (Wildman–Crippen MR) is 71.0 cm³/mol. The standard InChI is InChI=1S/C15H18FNO2/c16-14-4-3-13(12(10-14)2-1-7-17)11-19-15-5-8-18-9-6-15/h3-4,10,15H,5-9,11,17H2. The van der Waals surface area contributed by atoms with E-state index in [9.17, 15) is 4.39 Å². The Morgan fingerprint density at radius 2 is 2.16 bits per heavy atom. The van der Waals surface area contributed by atoms with Crippen LogP contribution in [0.2, 0.25) is 0 Å². The summed E-state index contributed by atoms with van der Waals surface area (Å²) in [5.41, 5.74) is 6.89. The maximum Gasteiger partial charge on any atom is 0.124 e. The first-order valence-electron chi connectivity index (χ1n) is 6.46. The summed E-state index contributed by atoms with van der Waals surface area (Å²) in [5, 5.41) is 0. The maximum absolute atomic E-state index is 13.2. The molecule has 1 aliphatic heterocycles. The number of rotatable bonds is 3. The highest BCUT2D eigenvalue weighted by Crippen LogP contribution is 2.16. The van der Waals surface area contributed by atoms with Crippen LogP contribution in [0.1, 0.15) is 24.0 Å². The van der Waals surface area contributed by atoms with Crippen LogP contribution < -0.4 is 5.73 Å². The van der Waals surface area contributed by atoms with Crippen molar-refractivity contribution in [3.8, 4) is 11.8 Å². The minimum Gasteiger partial charge on any atom is -0.381 e. The third-order valence-corrected chi connectivity index (χ3v) is 3.04. The molecular formula is C15H18FNO2. The molecule has 19 heavy (non-hydrogen) atoms. The first kappa shape index (κ1) is 14.0. The van der Waals surface area contributed by atoms with Gasteiger partial charge in [0.25, 0.3) is 0 Å². The summed E-state index contributed by atoms with van der Waals surface area (Å²) in [6.45, 7) is 2.19. The van der Waals surface area contributed by atoms with Crippen molar-refractivity contribution in [2.45, 2.75) is 25.6 Å². The van der Waals surface area contributed by atoms with Crippen molar-refractivity contribution in [2.75, 3.05) is 19.8 Å². The summed E-state index contributed by atoms with van der Waals surface area (Å²) in [6.07, 6.45) is 2.03. The van der Waals surface area contributed by atoms with Gasteiger partial charge in [0, 0.05) is 18.8 Å². The Labute approximate surface area is 112 Å². The van der Waals surface area contributed by atoms with E-state index in [-0.39, 0.29) is 18.5 Å². The maximum atomic E-state index is 13.2. The van der Waals surface area contributed by atoms with Gasteiger partial charge in [0.1, 0.15) is 5.82 Å². The van der Waals surface area contributed by atoms with E-state index in [1.807, 2.05) is 0 Å². The highest BCUT2D eigenvalue weighted by Gasteiger charge is 2.14. The second kappa shape index (κ2) is 7.25. The molecule has 0 aliphatic carbocycles. The van der Waals surface area contributed by atoms with E-state index in [4.69, 9.17) is 15.2 Å². The molecule has 0 atom stereocenters. The molecule has 1 saturated heterocycles. The van der Waals surface area contributed by atoms with E-state index in [0.717, 1.165) is 31.6 Å². The number of nitrogens with two attached hydrogens (primary N) is 1. The van der Waals surface area contributed by atoms with Crippen molar-refractivity contribution >= 4 is 0 Å². The molecule has 0 aromatic heterocycles. The summed E-state index contributed by atoms with van der Waals surface area (Å²) in [4.78, 5) is 0. The molecule has 4 heteroatoms. The van der Waals surface area contributed by atoms with Crippen LogP contribution in [0.3, 0.4) is 0 Å². The second-order valence-corrected chi connectivity index (χ2v) is 4.43. The molecule has 1 aromatic rings. The van der Waals surface area contributed by atoms with Crippen LogP contribution in [0.4, 0.5) is 4.39 Å². The first-order chi connectivity index (χ1) is 9.29. The molecule has 0 amide bonds. The van der Waals surface area contributed by atoms with Gasteiger partial charge >= 0.3 is 0 Å². The van der Waals surface area contributed by atoms with E-state index in [0.29, 0.717) is 12.2 Å². The fraction of sp³-hybridized carbons (Fsp3) is 0.467. The summed E-state index contributed by atoms with van der Waals surface area (Å²) in [7, 11) is 0. The Bertz CT molecular complexity index is 473. The van der Waals surface area contributed by atoms with Gasteiger partial charge in [-0.25, -0.2) is 4.39 Å². The molecule has 0 saturated carbocycles. The van der Waals surface area contributed by atoms with Crippen molar-refractivity contribution < 1.29 is 13.9 Å². The lowest BCUT2D eigenvalue weighted by atomic mass is 10.1. The van der Waals surface area contributed by atoms with Crippen LogP contribution in [0.5, 0.6) is 0 Å². The average molecular weight is 263 g/mol. The zero-order chi connectivity index (χ0) is 13.5. The van der Waals surface area contributed by atoms with Gasteiger partial charge in [-0.15, -0.1) is 0 Å². The normalized spacial score (nSPS) is 15.9. The van der Waals surface area contributed by atoms with Gasteiger partial charge in [-0.3, -0.25) is 0 Å². The number of halogens is 1. The van der Waals surface area contributed by atoms with E-state index >= 15 is 0 Å². The van der Waals surface area contributed by atoms with Crippen molar-refractivity contribution in [2.24, 2.45) is 5.73 Å². The number of ether oxygens (including phenoxy) is 2. The van der Waals surface area contributed by atoms with Crippen LogP contribution in [0, 0.1) is 17.7 Å². The molecule has 102 valence electrons. The van der Waals surface area contributed by atoms with Crippen LogP contribution in [0.15, 0.2) is 18.2 Å². The predicted octanol–water partition coefficient (Wildman–Crippen LogP) is 1.83. The van der Waals surface area contributed by atoms with Crippen LogP contribution in [0.25, 0.3) is 0 Å². The van der Waals surface area contributed by atoms with Crippen LogP contribution in [-0.2, 0) is 16.1 Å². The third-order valence-electron chi connectivity index (χ3n) is 3.04. The topological polar surface area (TPSA) is 44.5 Å². The first-order valence-corrected chi connectivity index (χ1v) is 6.46. The Morgan fingerprint density at radius 3 is 2.89 bits per heavy atom. The number of hydrogen-bond donors (Lipinski definition) is 1. The lowest BCUT2D eigenvalue weighted by Gasteiger charge is -2.22. The summed E-state index contributed by atoms with van der Waals surface area (Å²) >= 11 is 0. The lowest BCUT2D eigenvalue weighted by molar-refractivity contribution is -0.0391. The molecule has 0 radical (unpaired) electrons. The Balaban J connectivity index is 2.02. The Hall–Kier alpha value is -1.41. The SMILES string of the molecule is NCC#Cc1cc(F)ccc1COC1CCOCC1. The van der Waals surface area contributed by atoms with Crippen molar-refractivity contribution in [3.63, 3.8) is 0 Å². The van der Waals surface area contributed by atoms with Gasteiger partial charge in [-0.2, -0.15) is 0 Å². The Kier molecular flexibility index (Phi) is 5.34. The van der Waals surface area contributed by atoms with Gasteiger partial charge < -0.3 is 15.2 Å². The summed E-state index contributed by atoms with van der Waals surface area (Å²) in [6, 6.07) is 4.57. The molecule has 3 nitrogen and oxygen atoms in total. The smallest absolute Gasteiger partial charge is 0.124 e. The van der Waals surface area contributed by atoms with Gasteiger partial charge in [0.15, 0.2) is 0 Å². The molecule has 2 N–H and O–H groups in total. The van der Waals surface area contributed by atoms with Gasteiger partial charge in [0.2, 0.25) is 0 Å². The Morgan fingerprint density at radius 1 is 1.37 bits per heavy atom. The molecule has 1 aromatic carbocycles. The highest BCUT2D eigenvalue weighted by molar-refractivity contribution is 5.41. The third kappa shape index (κ3) is 4.32. The van der Waals surface area contributed by atoms with Gasteiger partial charge in [-0.1, -0.05) is 17.9 Å². The number of hydrogen-bond acceptors (Lipinski definition) is 3. The number of benzene rings is 1. The molecular weight excluding hydrogens is 245 g/mol. The minimum absolute atomic E-state index is 0.217. The van der Waals surface area contributed by atoms with E-state index in [1.54, 1.807) is 6.07 Å². The quantitative estimate of drug-likeness (QED) is 0.846. The molecule has 2 rings (SSSR count). The minimum atomic E-state index is -0.295. The summed E-state index contributed by atoms with van der Waals surface area (Å²) in [5.74, 6) is 5.33. The lowest BCUT2D eigenvalue weighted by Crippen LogP contribution is -2.23. The van der Waals surface area contributed by atoms with Crippen LogP contribution in [-0.4, -0.2) is 25.9 Å². The average Bonchev–Trinajstić information content (AvgIpc) is 2.45. The molecule has 1 aliphatic rings. The van der Waals surface area contributed by atoms with E-state index in [2.05, 4.69) is 11.8 Å². The summed E-state index contributed by atoms with van der Waals surface area (Å²) < 4.78 is 24.3. The van der Waals surface area contributed by atoms with Crippen LogP contribution >= 0.6 is 0 Å². The zero-order valence-electron chi connectivity index (χ0n) is 10.8. The molecule has 1 fully saturated rings. The zero-order valence-corrected chi connectivity index (χ0v) is 10.8. The molecule has 0 bridgehead atoms. The largest absolute Gasteiger partial charge is 0.381 e. The monoisotopic (exact) mass is 263 g/mol. The van der Waals surface area contributed by atoms with Crippen molar-refractivity contribution in [1.29, 1.82) is 0 Å². The highest BCUT2D eigenvalue weighted by atomic mass is 19.1. The van der Waals surface area contributed by atoms with E-state index in [1.165, 1.54) is 12.1 Å². The fourth-order valence-corrected chi connectivity index (χ4v) is 1.99. The van der Waals surface area contributed by atoms with Gasteiger partial charge in [0.05, 0.1) is 19.3 Å².